The lowest BCUT2D eigenvalue weighted by Gasteiger charge is -2.32. The van der Waals surface area contributed by atoms with Crippen molar-refractivity contribution < 1.29 is 19.2 Å². The summed E-state index contributed by atoms with van der Waals surface area (Å²) >= 11 is 0. The molecule has 0 saturated carbocycles. The van der Waals surface area contributed by atoms with Crippen LogP contribution in [0.3, 0.4) is 0 Å². The smallest absolute Gasteiger partial charge is 0.264 e. The molecule has 2 N–H and O–H groups in total. The number of likely N-dealkylation sites (tertiary alicyclic amines) is 1. The first-order chi connectivity index (χ1) is 17.4. The topological polar surface area (TPSA) is 117 Å². The van der Waals surface area contributed by atoms with Crippen LogP contribution < -0.4 is 10.6 Å². The van der Waals surface area contributed by atoms with Crippen LogP contribution >= 0.6 is 0 Å². The van der Waals surface area contributed by atoms with Crippen molar-refractivity contribution >= 4 is 29.3 Å². The van der Waals surface area contributed by atoms with Gasteiger partial charge in [0.2, 0.25) is 11.8 Å². The number of nitrogens with zero attached hydrogens (tertiary/aromatic N) is 4. The Kier molecular flexibility index (Phi) is 6.34. The highest BCUT2D eigenvalue weighted by atomic mass is 16.2. The van der Waals surface area contributed by atoms with Crippen LogP contribution in [0.5, 0.6) is 0 Å². The van der Waals surface area contributed by atoms with Crippen LogP contribution in [0, 0.1) is 0 Å². The van der Waals surface area contributed by atoms with Gasteiger partial charge in [-0.2, -0.15) is 5.10 Å². The second kappa shape index (κ2) is 9.60. The molecule has 4 heterocycles. The zero-order valence-corrected chi connectivity index (χ0v) is 20.3. The molecular formula is C26H30N6O4. The molecule has 0 radical (unpaired) electrons. The van der Waals surface area contributed by atoms with Crippen LogP contribution in [0.25, 0.3) is 0 Å². The molecule has 188 valence electrons. The minimum absolute atomic E-state index is 0.190. The Morgan fingerprint density at radius 1 is 1.17 bits per heavy atom. The number of carbonyl (C=O) groups is 4. The molecule has 0 aliphatic carbocycles. The number of hydrogen-bond acceptors (Lipinski definition) is 6. The first-order valence-electron chi connectivity index (χ1n) is 12.4. The van der Waals surface area contributed by atoms with Gasteiger partial charge in [-0.1, -0.05) is 19.6 Å². The fourth-order valence-corrected chi connectivity index (χ4v) is 5.21. The number of nitrogens with one attached hydrogen (secondary N) is 2. The van der Waals surface area contributed by atoms with Gasteiger partial charge in [0.25, 0.3) is 11.8 Å². The second-order valence-corrected chi connectivity index (χ2v) is 9.50. The number of aromatic nitrogens is 2. The lowest BCUT2D eigenvalue weighted by atomic mass is 10.0. The van der Waals surface area contributed by atoms with E-state index in [1.165, 1.54) is 0 Å². The molecule has 4 amide bonds. The molecule has 2 saturated heterocycles. The zero-order chi connectivity index (χ0) is 25.4. The summed E-state index contributed by atoms with van der Waals surface area (Å²) in [5.74, 6) is -1.11. The number of benzene rings is 1. The highest BCUT2D eigenvalue weighted by Crippen LogP contribution is 2.33. The molecule has 3 aliphatic heterocycles. The Balaban J connectivity index is 1.26. The molecule has 0 bridgehead atoms. The van der Waals surface area contributed by atoms with Crippen molar-refractivity contribution in [3.8, 4) is 0 Å². The van der Waals surface area contributed by atoms with E-state index in [1.54, 1.807) is 24.4 Å². The molecular weight excluding hydrogens is 460 g/mol. The van der Waals surface area contributed by atoms with E-state index in [-0.39, 0.29) is 17.9 Å². The summed E-state index contributed by atoms with van der Waals surface area (Å²) in [6.07, 6.45) is 6.91. The molecule has 2 fully saturated rings. The van der Waals surface area contributed by atoms with E-state index in [2.05, 4.69) is 22.3 Å². The Bertz CT molecular complexity index is 1240. The summed E-state index contributed by atoms with van der Waals surface area (Å²) in [7, 11) is 0. The first kappa shape index (κ1) is 23.8. The van der Waals surface area contributed by atoms with Crippen LogP contribution in [-0.4, -0.2) is 62.3 Å². The van der Waals surface area contributed by atoms with E-state index in [0.29, 0.717) is 48.3 Å². The van der Waals surface area contributed by atoms with Crippen LogP contribution in [-0.2, 0) is 16.1 Å². The van der Waals surface area contributed by atoms with Gasteiger partial charge in [0.1, 0.15) is 6.04 Å². The fraction of sp³-hybridized carbons (Fsp3) is 0.423. The third-order valence-electron chi connectivity index (χ3n) is 7.21. The van der Waals surface area contributed by atoms with Crippen LogP contribution in [0.15, 0.2) is 42.9 Å². The number of rotatable bonds is 6. The van der Waals surface area contributed by atoms with Crippen LogP contribution in [0.4, 0.5) is 5.69 Å². The van der Waals surface area contributed by atoms with E-state index in [1.807, 2.05) is 22.7 Å². The minimum Gasteiger partial charge on any atom is -0.380 e. The van der Waals surface area contributed by atoms with Crippen LogP contribution in [0.2, 0.25) is 0 Å². The first-order valence-corrected chi connectivity index (χ1v) is 12.4. The Morgan fingerprint density at radius 3 is 2.67 bits per heavy atom. The predicted octanol–water partition coefficient (Wildman–Crippen LogP) is 2.46. The quantitative estimate of drug-likeness (QED) is 0.601. The summed E-state index contributed by atoms with van der Waals surface area (Å²) in [5, 5.41) is 10.5. The molecule has 5 rings (SSSR count). The van der Waals surface area contributed by atoms with Gasteiger partial charge in [-0.15, -0.1) is 0 Å². The van der Waals surface area contributed by atoms with Gasteiger partial charge >= 0.3 is 0 Å². The fourth-order valence-electron chi connectivity index (χ4n) is 5.21. The maximum Gasteiger partial charge on any atom is 0.264 e. The molecule has 10 heteroatoms. The van der Waals surface area contributed by atoms with Gasteiger partial charge in [-0.05, 0) is 37.8 Å². The minimum atomic E-state index is -0.840. The van der Waals surface area contributed by atoms with E-state index in [0.717, 1.165) is 36.4 Å². The van der Waals surface area contributed by atoms with Crippen molar-refractivity contribution in [3.05, 3.63) is 59.6 Å². The van der Waals surface area contributed by atoms with Crippen molar-refractivity contribution in [2.75, 3.05) is 18.4 Å². The maximum absolute atomic E-state index is 13.3. The summed E-state index contributed by atoms with van der Waals surface area (Å²) in [6, 6.07) is 4.52. The Morgan fingerprint density at radius 2 is 1.94 bits per heavy atom. The standard InChI is InChI=1S/C26H30N6O4/c1-3-22(33)30-11-9-18(10-12-30)31-15-17(14-28-31)13-27-20-6-4-5-19-23(20)26(36)32(25(19)35)21-8-7-16(2)29-24(21)34/h4-6,14-15,18,21,27H,2-3,7-13H2,1H3,(H,29,34). The molecule has 1 aromatic carbocycles. The summed E-state index contributed by atoms with van der Waals surface area (Å²) in [6.45, 7) is 7.55. The highest BCUT2D eigenvalue weighted by Gasteiger charge is 2.45. The van der Waals surface area contributed by atoms with E-state index in [4.69, 9.17) is 0 Å². The molecule has 1 atom stereocenters. The second-order valence-electron chi connectivity index (χ2n) is 9.50. The Labute approximate surface area is 209 Å². The molecule has 1 aromatic heterocycles. The van der Waals surface area contributed by atoms with Gasteiger partial charge in [0.05, 0.1) is 23.4 Å². The normalized spacial score (nSPS) is 20.5. The lowest BCUT2D eigenvalue weighted by molar-refractivity contribution is -0.132. The van der Waals surface area contributed by atoms with Crippen molar-refractivity contribution in [1.29, 1.82) is 0 Å². The third kappa shape index (κ3) is 4.27. The van der Waals surface area contributed by atoms with Gasteiger partial charge in [0.15, 0.2) is 0 Å². The largest absolute Gasteiger partial charge is 0.380 e. The summed E-state index contributed by atoms with van der Waals surface area (Å²) < 4.78 is 1.95. The van der Waals surface area contributed by atoms with E-state index < -0.39 is 17.9 Å². The number of carbonyl (C=O) groups excluding carboxylic acids is 4. The third-order valence-corrected chi connectivity index (χ3v) is 7.21. The number of imide groups is 1. The molecule has 3 aliphatic rings. The number of amides is 4. The summed E-state index contributed by atoms with van der Waals surface area (Å²) in [5.41, 5.74) is 2.67. The number of allylic oxidation sites excluding steroid dienone is 1. The zero-order valence-electron chi connectivity index (χ0n) is 20.3. The predicted molar refractivity (Wildman–Crippen MR) is 132 cm³/mol. The number of fused-ring (bicyclic) bond motifs is 1. The van der Waals surface area contributed by atoms with E-state index in [9.17, 15) is 19.2 Å². The van der Waals surface area contributed by atoms with Crippen molar-refractivity contribution in [1.82, 2.24) is 24.9 Å². The molecule has 1 unspecified atom stereocenters. The van der Waals surface area contributed by atoms with Gasteiger partial charge < -0.3 is 15.5 Å². The highest BCUT2D eigenvalue weighted by molar-refractivity contribution is 6.25. The maximum atomic E-state index is 13.3. The molecule has 0 spiro atoms. The van der Waals surface area contributed by atoms with Gasteiger partial charge in [-0.3, -0.25) is 28.8 Å². The van der Waals surface area contributed by atoms with Crippen LogP contribution in [0.1, 0.15) is 71.3 Å². The van der Waals surface area contributed by atoms with E-state index >= 15 is 0 Å². The average Bonchev–Trinajstić information content (AvgIpc) is 3.46. The average molecular weight is 491 g/mol. The lowest BCUT2D eigenvalue weighted by Crippen LogP contribution is -2.51. The van der Waals surface area contributed by atoms with Crippen molar-refractivity contribution in [3.63, 3.8) is 0 Å². The Hall–Kier alpha value is -3.95. The number of hydrogen-bond donors (Lipinski definition) is 2. The van der Waals surface area contributed by atoms with Gasteiger partial charge in [-0.25, -0.2) is 0 Å². The monoisotopic (exact) mass is 490 g/mol. The molecule has 2 aromatic rings. The SMILES string of the molecule is C=C1CCC(N2C(=O)c3cccc(NCc4cnn(C5CCN(C(=O)CC)CC5)c4)c3C2=O)C(=O)N1. The van der Waals surface area contributed by atoms with Crippen molar-refractivity contribution in [2.24, 2.45) is 0 Å². The molecule has 10 nitrogen and oxygen atoms in total. The molecule has 36 heavy (non-hydrogen) atoms. The van der Waals surface area contributed by atoms with Gasteiger partial charge in [0, 0.05) is 49.2 Å². The number of piperidine rings is 2. The summed E-state index contributed by atoms with van der Waals surface area (Å²) in [4.78, 5) is 53.7. The number of anilines is 1. The van der Waals surface area contributed by atoms with Crippen molar-refractivity contribution in [2.45, 2.75) is 57.7 Å².